The number of rotatable bonds is 1. The van der Waals surface area contributed by atoms with Crippen LogP contribution in [0.1, 0.15) is 0 Å². The van der Waals surface area contributed by atoms with Crippen LogP contribution in [0.15, 0.2) is 34.5 Å². The molecule has 2 aromatic rings. The van der Waals surface area contributed by atoms with Gasteiger partial charge in [0.1, 0.15) is 0 Å². The van der Waals surface area contributed by atoms with Crippen molar-refractivity contribution < 1.29 is 38.3 Å². The second-order valence-corrected chi connectivity index (χ2v) is 4.59. The van der Waals surface area contributed by atoms with E-state index in [-0.39, 0.29) is 29.6 Å². The summed E-state index contributed by atoms with van der Waals surface area (Å²) in [5, 5.41) is 0.988. The molecule has 0 amide bonds. The van der Waals surface area contributed by atoms with Crippen LogP contribution in [0.2, 0.25) is 0 Å². The summed E-state index contributed by atoms with van der Waals surface area (Å²) in [5.41, 5.74) is 0. The average Bonchev–Trinajstić information content (AvgIpc) is 2.46. The van der Waals surface area contributed by atoms with Crippen LogP contribution in [-0.2, 0) is 11.1 Å². The van der Waals surface area contributed by atoms with Gasteiger partial charge in [0, 0.05) is 4.70 Å². The standard InChI is InChI=1S/C8H6O2S2.Na/c9-12(10)8-5-6-3-1-2-4-7(6)11-8;/h1-5H,(H,9,10);/q;+1/p-1. The second-order valence-electron chi connectivity index (χ2n) is 2.34. The topological polar surface area (TPSA) is 40.1 Å². The molecule has 1 unspecified atom stereocenters. The average molecular weight is 220 g/mol. The van der Waals surface area contributed by atoms with E-state index in [4.69, 9.17) is 0 Å². The molecule has 2 nitrogen and oxygen atoms in total. The van der Waals surface area contributed by atoms with Gasteiger partial charge in [-0.05, 0) is 28.6 Å². The Kier molecular flexibility index (Phi) is 4.09. The first-order valence-corrected chi connectivity index (χ1v) is 5.24. The van der Waals surface area contributed by atoms with Gasteiger partial charge in [-0.1, -0.05) is 18.2 Å². The third-order valence-electron chi connectivity index (χ3n) is 1.57. The Hall–Kier alpha value is 0.290. The first kappa shape index (κ1) is 11.4. The predicted molar refractivity (Wildman–Crippen MR) is 49.0 cm³/mol. The maximum atomic E-state index is 10.6. The van der Waals surface area contributed by atoms with Crippen molar-refractivity contribution in [1.29, 1.82) is 0 Å². The molecule has 1 heterocycles. The van der Waals surface area contributed by atoms with E-state index in [9.17, 15) is 8.76 Å². The Balaban J connectivity index is 0.000000845. The molecule has 1 aromatic heterocycles. The zero-order chi connectivity index (χ0) is 8.55. The summed E-state index contributed by atoms with van der Waals surface area (Å²) in [7, 11) is 0. The van der Waals surface area contributed by atoms with Crippen molar-refractivity contribution >= 4 is 32.5 Å². The molecule has 13 heavy (non-hydrogen) atoms. The molecule has 0 N–H and O–H groups in total. The van der Waals surface area contributed by atoms with Crippen LogP contribution in [0, 0.1) is 0 Å². The molecule has 0 saturated heterocycles. The Bertz CT molecular complexity index is 405. The van der Waals surface area contributed by atoms with Crippen LogP contribution in [0.25, 0.3) is 10.1 Å². The minimum atomic E-state index is -2.09. The number of fused-ring (bicyclic) bond motifs is 1. The fourth-order valence-corrected chi connectivity index (χ4v) is 2.60. The molecule has 0 radical (unpaired) electrons. The minimum Gasteiger partial charge on any atom is -0.768 e. The van der Waals surface area contributed by atoms with E-state index >= 15 is 0 Å². The van der Waals surface area contributed by atoms with Crippen LogP contribution in [0.4, 0.5) is 0 Å². The third kappa shape index (κ3) is 2.40. The quantitative estimate of drug-likeness (QED) is 0.463. The zero-order valence-corrected chi connectivity index (χ0v) is 10.7. The monoisotopic (exact) mass is 220 g/mol. The van der Waals surface area contributed by atoms with Gasteiger partial charge in [-0.2, -0.15) is 0 Å². The maximum absolute atomic E-state index is 10.6. The zero-order valence-electron chi connectivity index (χ0n) is 7.02. The second kappa shape index (κ2) is 4.68. The van der Waals surface area contributed by atoms with E-state index in [1.54, 1.807) is 6.07 Å². The molecule has 0 saturated carbocycles. The summed E-state index contributed by atoms with van der Waals surface area (Å²) in [4.78, 5) is 0. The summed E-state index contributed by atoms with van der Waals surface area (Å²) in [5.74, 6) is 0. The van der Waals surface area contributed by atoms with Crippen LogP contribution in [-0.4, -0.2) is 8.76 Å². The van der Waals surface area contributed by atoms with Crippen LogP contribution >= 0.6 is 11.3 Å². The van der Waals surface area contributed by atoms with E-state index in [2.05, 4.69) is 0 Å². The molecule has 0 aliphatic heterocycles. The van der Waals surface area contributed by atoms with Crippen molar-refractivity contribution in [3.63, 3.8) is 0 Å². The molecule has 2 rings (SSSR count). The first-order valence-electron chi connectivity index (χ1n) is 3.35. The van der Waals surface area contributed by atoms with Gasteiger partial charge in [0.25, 0.3) is 0 Å². The summed E-state index contributed by atoms with van der Waals surface area (Å²) in [6, 6.07) is 9.30. The van der Waals surface area contributed by atoms with E-state index in [0.29, 0.717) is 4.21 Å². The van der Waals surface area contributed by atoms with Gasteiger partial charge >= 0.3 is 29.6 Å². The van der Waals surface area contributed by atoms with Gasteiger partial charge in [0.15, 0.2) is 0 Å². The Morgan fingerprint density at radius 1 is 1.31 bits per heavy atom. The summed E-state index contributed by atoms with van der Waals surface area (Å²) >= 11 is -0.800. The molecule has 0 fully saturated rings. The fourth-order valence-electron chi connectivity index (χ4n) is 1.04. The summed E-state index contributed by atoms with van der Waals surface area (Å²) in [6.07, 6.45) is 0. The number of hydrogen-bond acceptors (Lipinski definition) is 3. The summed E-state index contributed by atoms with van der Waals surface area (Å²) < 4.78 is 22.6. The van der Waals surface area contributed by atoms with Gasteiger partial charge in [-0.25, -0.2) is 0 Å². The van der Waals surface area contributed by atoms with Crippen molar-refractivity contribution in [2.24, 2.45) is 0 Å². The molecule has 0 spiro atoms. The van der Waals surface area contributed by atoms with Crippen LogP contribution < -0.4 is 29.6 Å². The van der Waals surface area contributed by atoms with Gasteiger partial charge in [-0.3, -0.25) is 4.21 Å². The van der Waals surface area contributed by atoms with Crippen molar-refractivity contribution in [3.8, 4) is 0 Å². The third-order valence-corrected chi connectivity index (χ3v) is 3.58. The van der Waals surface area contributed by atoms with E-state index in [0.717, 1.165) is 10.1 Å². The first-order chi connectivity index (χ1) is 5.77. The molecule has 62 valence electrons. The molecule has 5 heteroatoms. The molecular weight excluding hydrogens is 215 g/mol. The largest absolute Gasteiger partial charge is 1.00 e. The number of thiophene rings is 1. The molecule has 0 aliphatic carbocycles. The SMILES string of the molecule is O=S([O-])c1cc2ccccc2s1.[Na+]. The van der Waals surface area contributed by atoms with E-state index in [1.165, 1.54) is 11.3 Å². The fraction of sp³-hybridized carbons (Fsp3) is 0. The van der Waals surface area contributed by atoms with Crippen molar-refractivity contribution in [2.45, 2.75) is 4.21 Å². The van der Waals surface area contributed by atoms with E-state index < -0.39 is 11.1 Å². The molecular formula is C8H5NaO2S2. The predicted octanol–water partition coefficient (Wildman–Crippen LogP) is -0.857. The van der Waals surface area contributed by atoms with Crippen molar-refractivity contribution in [3.05, 3.63) is 30.3 Å². The summed E-state index contributed by atoms with van der Waals surface area (Å²) in [6.45, 7) is 0. The maximum Gasteiger partial charge on any atom is 1.00 e. The van der Waals surface area contributed by atoms with E-state index in [1.807, 2.05) is 24.3 Å². The normalized spacial score (nSPS) is 12.4. The van der Waals surface area contributed by atoms with Gasteiger partial charge in [0.05, 0.1) is 4.21 Å². The van der Waals surface area contributed by atoms with Gasteiger partial charge < -0.3 is 4.55 Å². The molecule has 1 atom stereocenters. The molecule has 1 aromatic carbocycles. The smallest absolute Gasteiger partial charge is 0.768 e. The van der Waals surface area contributed by atoms with Gasteiger partial charge in [-0.15, -0.1) is 11.3 Å². The Labute approximate surface area is 105 Å². The van der Waals surface area contributed by atoms with Crippen molar-refractivity contribution in [2.75, 3.05) is 0 Å². The van der Waals surface area contributed by atoms with Gasteiger partial charge in [0.2, 0.25) is 0 Å². The van der Waals surface area contributed by atoms with Crippen molar-refractivity contribution in [1.82, 2.24) is 0 Å². The van der Waals surface area contributed by atoms with Crippen LogP contribution in [0.3, 0.4) is 0 Å². The molecule has 0 bridgehead atoms. The minimum absolute atomic E-state index is 0. The Morgan fingerprint density at radius 2 is 2.00 bits per heavy atom. The number of hydrogen-bond donors (Lipinski definition) is 0. The Morgan fingerprint density at radius 3 is 2.62 bits per heavy atom. The van der Waals surface area contributed by atoms with Crippen LogP contribution in [0.5, 0.6) is 0 Å². The molecule has 0 aliphatic rings. The number of benzene rings is 1.